The highest BCUT2D eigenvalue weighted by Gasteiger charge is 1.99. The summed E-state index contributed by atoms with van der Waals surface area (Å²) in [4.78, 5) is 11.9. The third kappa shape index (κ3) is 4.55. The zero-order chi connectivity index (χ0) is 9.40. The summed E-state index contributed by atoms with van der Waals surface area (Å²) in [5.41, 5.74) is 0. The van der Waals surface area contributed by atoms with E-state index >= 15 is 0 Å². The van der Waals surface area contributed by atoms with Gasteiger partial charge in [-0.25, -0.2) is 15.0 Å². The Bertz CT molecular complexity index is 212. The minimum absolute atomic E-state index is 0.298. The zero-order valence-corrected chi connectivity index (χ0v) is 7.86. The molecule has 0 amide bonds. The zero-order valence-electron chi connectivity index (χ0n) is 7.86. The van der Waals surface area contributed by atoms with Crippen molar-refractivity contribution in [2.45, 2.75) is 20.8 Å². The molecule has 66 valence electrons. The average molecular weight is 165 g/mol. The van der Waals surface area contributed by atoms with Gasteiger partial charge in [0.1, 0.15) is 12.2 Å². The van der Waals surface area contributed by atoms with E-state index in [1.165, 1.54) is 12.5 Å². The first-order chi connectivity index (χ1) is 5.72. The lowest BCUT2D eigenvalue weighted by atomic mass is 10.2. The van der Waals surface area contributed by atoms with Crippen molar-refractivity contribution in [3.63, 3.8) is 0 Å². The van der Waals surface area contributed by atoms with Crippen molar-refractivity contribution in [1.82, 2.24) is 0 Å². The van der Waals surface area contributed by atoms with Crippen LogP contribution in [0.3, 0.4) is 0 Å². The SMILES string of the molecule is C=CN=C(N=CN=CC)C(C)C. The maximum atomic E-state index is 4.06. The highest BCUT2D eigenvalue weighted by Crippen LogP contribution is 1.98. The molecule has 0 fully saturated rings. The number of hydrogen-bond donors (Lipinski definition) is 0. The Hall–Kier alpha value is -1.25. The van der Waals surface area contributed by atoms with Crippen LogP contribution in [0.25, 0.3) is 0 Å². The quantitative estimate of drug-likeness (QED) is 0.454. The lowest BCUT2D eigenvalue weighted by Gasteiger charge is -2.00. The third-order valence-electron chi connectivity index (χ3n) is 1.15. The first-order valence-corrected chi connectivity index (χ1v) is 3.91. The predicted octanol–water partition coefficient (Wildman–Crippen LogP) is 2.30. The second-order valence-corrected chi connectivity index (χ2v) is 2.48. The van der Waals surface area contributed by atoms with Gasteiger partial charge in [0.25, 0.3) is 0 Å². The molecule has 0 rings (SSSR count). The molecule has 0 aromatic rings. The molecule has 12 heavy (non-hydrogen) atoms. The molecule has 3 nitrogen and oxygen atoms in total. The molecule has 0 atom stereocenters. The number of nitrogens with zero attached hydrogens (tertiary/aromatic N) is 3. The molecule has 0 bridgehead atoms. The smallest absolute Gasteiger partial charge is 0.132 e. The predicted molar refractivity (Wildman–Crippen MR) is 55.1 cm³/mol. The maximum Gasteiger partial charge on any atom is 0.132 e. The van der Waals surface area contributed by atoms with Crippen LogP contribution in [0.1, 0.15) is 20.8 Å². The van der Waals surface area contributed by atoms with Gasteiger partial charge >= 0.3 is 0 Å². The van der Waals surface area contributed by atoms with Gasteiger partial charge < -0.3 is 0 Å². The first-order valence-electron chi connectivity index (χ1n) is 3.91. The summed E-state index contributed by atoms with van der Waals surface area (Å²) >= 11 is 0. The number of aliphatic imine (C=N–C) groups is 3. The number of rotatable bonds is 3. The Labute approximate surface area is 73.7 Å². The molecule has 0 heterocycles. The lowest BCUT2D eigenvalue weighted by molar-refractivity contribution is 0.873. The topological polar surface area (TPSA) is 37.1 Å². The van der Waals surface area contributed by atoms with Gasteiger partial charge in [-0.15, -0.1) is 0 Å². The second kappa shape index (κ2) is 6.46. The van der Waals surface area contributed by atoms with E-state index in [4.69, 9.17) is 0 Å². The molecule has 0 spiro atoms. The largest absolute Gasteiger partial charge is 0.249 e. The molecular formula is C9H15N3. The molecule has 0 aromatic heterocycles. The van der Waals surface area contributed by atoms with Crippen molar-refractivity contribution in [3.05, 3.63) is 12.8 Å². The van der Waals surface area contributed by atoms with Gasteiger partial charge in [-0.05, 0) is 6.92 Å². The highest BCUT2D eigenvalue weighted by atomic mass is 14.9. The van der Waals surface area contributed by atoms with Crippen LogP contribution >= 0.6 is 0 Å². The van der Waals surface area contributed by atoms with E-state index in [2.05, 4.69) is 21.6 Å². The van der Waals surface area contributed by atoms with Crippen LogP contribution in [0.2, 0.25) is 0 Å². The van der Waals surface area contributed by atoms with Gasteiger partial charge in [0.05, 0.1) is 0 Å². The molecular weight excluding hydrogens is 150 g/mol. The Morgan fingerprint density at radius 1 is 1.42 bits per heavy atom. The van der Waals surface area contributed by atoms with Gasteiger partial charge in [-0.1, -0.05) is 20.4 Å². The molecule has 3 heteroatoms. The van der Waals surface area contributed by atoms with E-state index in [1.807, 2.05) is 20.8 Å². The van der Waals surface area contributed by atoms with Crippen LogP contribution in [-0.2, 0) is 0 Å². The Kier molecular flexibility index (Phi) is 5.79. The molecule has 0 aromatic carbocycles. The van der Waals surface area contributed by atoms with Crippen LogP contribution < -0.4 is 0 Å². The molecule has 0 aliphatic carbocycles. The summed E-state index contributed by atoms with van der Waals surface area (Å²) in [7, 11) is 0. The standard InChI is InChI=1S/C9H15N3/c1-5-10-7-12-9(8(3)4)11-6-2/h5-8H,2H2,1,3-4H3. The molecule has 0 aliphatic heterocycles. The minimum atomic E-state index is 0.298. The highest BCUT2D eigenvalue weighted by molar-refractivity contribution is 5.92. The minimum Gasteiger partial charge on any atom is -0.249 e. The van der Waals surface area contributed by atoms with Crippen molar-refractivity contribution in [1.29, 1.82) is 0 Å². The third-order valence-corrected chi connectivity index (χ3v) is 1.15. The summed E-state index contributed by atoms with van der Waals surface area (Å²) in [5, 5.41) is 0. The van der Waals surface area contributed by atoms with Crippen molar-refractivity contribution < 1.29 is 0 Å². The van der Waals surface area contributed by atoms with Crippen LogP contribution in [0.15, 0.2) is 27.8 Å². The van der Waals surface area contributed by atoms with E-state index in [-0.39, 0.29) is 0 Å². The van der Waals surface area contributed by atoms with Gasteiger partial charge in [0, 0.05) is 18.3 Å². The van der Waals surface area contributed by atoms with E-state index in [1.54, 1.807) is 6.21 Å². The Morgan fingerprint density at radius 3 is 2.50 bits per heavy atom. The van der Waals surface area contributed by atoms with Gasteiger partial charge in [0.2, 0.25) is 0 Å². The molecule has 0 saturated heterocycles. The normalized spacial score (nSPS) is 13.5. The monoisotopic (exact) mass is 165 g/mol. The first kappa shape index (κ1) is 10.8. The molecule has 0 saturated carbocycles. The van der Waals surface area contributed by atoms with Crippen LogP contribution in [0.4, 0.5) is 0 Å². The summed E-state index contributed by atoms with van der Waals surface area (Å²) in [6.07, 6.45) is 4.65. The average Bonchev–Trinajstić information content (AvgIpc) is 2.03. The van der Waals surface area contributed by atoms with Gasteiger partial charge in [0.15, 0.2) is 0 Å². The van der Waals surface area contributed by atoms with Crippen LogP contribution in [0, 0.1) is 5.92 Å². The van der Waals surface area contributed by atoms with Crippen molar-refractivity contribution in [2.75, 3.05) is 0 Å². The van der Waals surface area contributed by atoms with E-state index in [9.17, 15) is 0 Å². The van der Waals surface area contributed by atoms with Crippen LogP contribution in [0.5, 0.6) is 0 Å². The molecule has 0 radical (unpaired) electrons. The molecule has 0 N–H and O–H groups in total. The van der Waals surface area contributed by atoms with Crippen molar-refractivity contribution in [2.24, 2.45) is 20.9 Å². The fourth-order valence-corrected chi connectivity index (χ4v) is 0.584. The summed E-state index contributed by atoms with van der Waals surface area (Å²) < 4.78 is 0. The van der Waals surface area contributed by atoms with E-state index in [0.717, 1.165) is 5.84 Å². The fourth-order valence-electron chi connectivity index (χ4n) is 0.584. The number of hydrogen-bond acceptors (Lipinski definition) is 1. The summed E-state index contributed by atoms with van der Waals surface area (Å²) in [6, 6.07) is 0. The number of amidine groups is 1. The summed E-state index contributed by atoms with van der Waals surface area (Å²) in [6.45, 7) is 9.40. The van der Waals surface area contributed by atoms with Gasteiger partial charge in [-0.3, -0.25) is 0 Å². The van der Waals surface area contributed by atoms with Gasteiger partial charge in [-0.2, -0.15) is 0 Å². The van der Waals surface area contributed by atoms with Crippen molar-refractivity contribution in [3.8, 4) is 0 Å². The van der Waals surface area contributed by atoms with Crippen LogP contribution in [-0.4, -0.2) is 18.4 Å². The lowest BCUT2D eigenvalue weighted by Crippen LogP contribution is -2.03. The van der Waals surface area contributed by atoms with Crippen molar-refractivity contribution >= 4 is 18.4 Å². The van der Waals surface area contributed by atoms with E-state index in [0.29, 0.717) is 5.92 Å². The summed E-state index contributed by atoms with van der Waals surface area (Å²) in [5.74, 6) is 1.04. The molecule has 0 aliphatic rings. The Morgan fingerprint density at radius 2 is 2.08 bits per heavy atom. The molecule has 0 unspecified atom stereocenters. The maximum absolute atomic E-state index is 4.06. The Balaban J connectivity index is 4.33. The van der Waals surface area contributed by atoms with E-state index < -0.39 is 0 Å². The second-order valence-electron chi connectivity index (χ2n) is 2.48. The fraction of sp³-hybridized carbons (Fsp3) is 0.444.